The van der Waals surface area contributed by atoms with Crippen molar-refractivity contribution in [1.82, 2.24) is 4.98 Å². The van der Waals surface area contributed by atoms with Crippen LogP contribution in [0.2, 0.25) is 0 Å². The fourth-order valence-corrected chi connectivity index (χ4v) is 3.43. The van der Waals surface area contributed by atoms with E-state index in [0.29, 0.717) is 17.0 Å². The lowest BCUT2D eigenvalue weighted by Gasteiger charge is -2.10. The molecule has 0 radical (unpaired) electrons. The molecule has 29 heavy (non-hydrogen) atoms. The van der Waals surface area contributed by atoms with Crippen molar-refractivity contribution in [3.8, 4) is 5.75 Å². The molecule has 3 rings (SSSR count). The number of esters is 1. The van der Waals surface area contributed by atoms with Gasteiger partial charge in [0.1, 0.15) is 10.8 Å². The number of carbonyl (C=O) groups excluding carboxylic acids is 2. The second-order valence-corrected chi connectivity index (χ2v) is 7.73. The maximum absolute atomic E-state index is 12.8. The van der Waals surface area contributed by atoms with Gasteiger partial charge in [-0.2, -0.15) is 0 Å². The van der Waals surface area contributed by atoms with Crippen LogP contribution < -0.4 is 10.1 Å². The second kappa shape index (κ2) is 10.1. The lowest BCUT2D eigenvalue weighted by molar-refractivity contribution is -0.142. The largest absolute Gasteiger partial charge is 0.482 e. The fourth-order valence-electron chi connectivity index (χ4n) is 2.31. The van der Waals surface area contributed by atoms with E-state index in [9.17, 15) is 9.59 Å². The first-order valence-electron chi connectivity index (χ1n) is 8.54. The third-order valence-electron chi connectivity index (χ3n) is 3.74. The Balaban J connectivity index is 1.68. The summed E-state index contributed by atoms with van der Waals surface area (Å²) in [7, 11) is 1.30. The molecule has 6 nitrogen and oxygen atoms in total. The minimum Gasteiger partial charge on any atom is -0.482 e. The molecule has 0 aliphatic carbocycles. The first-order chi connectivity index (χ1) is 14.0. The van der Waals surface area contributed by atoms with E-state index in [4.69, 9.17) is 4.74 Å². The van der Waals surface area contributed by atoms with Crippen molar-refractivity contribution in [2.75, 3.05) is 19.0 Å². The molecule has 0 saturated carbocycles. The summed E-state index contributed by atoms with van der Waals surface area (Å²) < 4.78 is 10.7. The third-order valence-corrected chi connectivity index (χ3v) is 5.24. The zero-order valence-corrected chi connectivity index (χ0v) is 17.8. The van der Waals surface area contributed by atoms with Gasteiger partial charge in [0.05, 0.1) is 12.7 Å². The smallest absolute Gasteiger partial charge is 0.343 e. The molecule has 0 spiro atoms. The molecule has 0 aliphatic heterocycles. The molecule has 0 bridgehead atoms. The molecule has 1 N–H and O–H groups in total. The van der Waals surface area contributed by atoms with Crippen molar-refractivity contribution in [3.63, 3.8) is 0 Å². The standard InChI is InChI=1S/C21H17BrN2O4S/c1-27-20(25)13-28-16-9-7-15(8-10-16)24-21(26)17-4-2-3-5-18(17)29-19-11-6-14(22)12-23-19/h2-12H,13H2,1H3,(H,24,26). The van der Waals surface area contributed by atoms with Crippen LogP contribution in [-0.4, -0.2) is 30.6 Å². The van der Waals surface area contributed by atoms with E-state index in [0.717, 1.165) is 14.4 Å². The Morgan fingerprint density at radius 2 is 1.83 bits per heavy atom. The van der Waals surface area contributed by atoms with Crippen molar-refractivity contribution < 1.29 is 19.1 Å². The fraction of sp³-hybridized carbons (Fsp3) is 0.0952. The number of nitrogens with zero attached hydrogens (tertiary/aromatic N) is 1. The van der Waals surface area contributed by atoms with Crippen LogP contribution in [0.1, 0.15) is 10.4 Å². The van der Waals surface area contributed by atoms with Gasteiger partial charge in [0.2, 0.25) is 0 Å². The van der Waals surface area contributed by atoms with Crippen molar-refractivity contribution in [3.05, 3.63) is 76.9 Å². The van der Waals surface area contributed by atoms with Crippen LogP contribution >= 0.6 is 27.7 Å². The first kappa shape index (κ1) is 20.9. The van der Waals surface area contributed by atoms with Gasteiger partial charge in [0.15, 0.2) is 6.61 Å². The lowest BCUT2D eigenvalue weighted by atomic mass is 10.2. The minimum atomic E-state index is -0.461. The van der Waals surface area contributed by atoms with Gasteiger partial charge in [-0.25, -0.2) is 9.78 Å². The highest BCUT2D eigenvalue weighted by Gasteiger charge is 2.13. The Morgan fingerprint density at radius 3 is 2.52 bits per heavy atom. The van der Waals surface area contributed by atoms with Crippen molar-refractivity contribution in [2.45, 2.75) is 9.92 Å². The number of benzene rings is 2. The Kier molecular flexibility index (Phi) is 7.26. The summed E-state index contributed by atoms with van der Waals surface area (Å²) in [5, 5.41) is 3.66. The average Bonchev–Trinajstić information content (AvgIpc) is 2.75. The van der Waals surface area contributed by atoms with Crippen molar-refractivity contribution in [2.24, 2.45) is 0 Å². The molecule has 1 aromatic heterocycles. The topological polar surface area (TPSA) is 77.5 Å². The first-order valence-corrected chi connectivity index (χ1v) is 10.2. The number of methoxy groups -OCH3 is 1. The molecule has 0 saturated heterocycles. The number of amides is 1. The van der Waals surface area contributed by atoms with Gasteiger partial charge in [0.25, 0.3) is 5.91 Å². The summed E-state index contributed by atoms with van der Waals surface area (Å²) in [5.41, 5.74) is 1.16. The van der Waals surface area contributed by atoms with Gasteiger partial charge >= 0.3 is 5.97 Å². The van der Waals surface area contributed by atoms with Gasteiger partial charge in [-0.15, -0.1) is 0 Å². The third kappa shape index (κ3) is 6.07. The minimum absolute atomic E-state index is 0.170. The lowest BCUT2D eigenvalue weighted by Crippen LogP contribution is -2.13. The normalized spacial score (nSPS) is 10.3. The number of aromatic nitrogens is 1. The van der Waals surface area contributed by atoms with Gasteiger partial charge in [0, 0.05) is 21.3 Å². The number of halogens is 1. The summed E-state index contributed by atoms with van der Waals surface area (Å²) in [6.07, 6.45) is 1.72. The summed E-state index contributed by atoms with van der Waals surface area (Å²) >= 11 is 4.78. The summed E-state index contributed by atoms with van der Waals surface area (Å²) in [5.74, 6) is -0.184. The molecule has 2 aromatic carbocycles. The Bertz CT molecular complexity index is 994. The van der Waals surface area contributed by atoms with Gasteiger partial charge in [-0.05, 0) is 64.5 Å². The quantitative estimate of drug-likeness (QED) is 0.497. The highest BCUT2D eigenvalue weighted by Crippen LogP contribution is 2.30. The Morgan fingerprint density at radius 1 is 1.07 bits per heavy atom. The van der Waals surface area contributed by atoms with Crippen LogP contribution in [0, 0.1) is 0 Å². The van der Waals surface area contributed by atoms with E-state index in [1.54, 1.807) is 36.5 Å². The van der Waals surface area contributed by atoms with E-state index in [2.05, 4.69) is 31.0 Å². The maximum Gasteiger partial charge on any atom is 0.343 e. The average molecular weight is 473 g/mol. The molecular formula is C21H17BrN2O4S. The predicted octanol–water partition coefficient (Wildman–Crippen LogP) is 4.80. The highest BCUT2D eigenvalue weighted by atomic mass is 79.9. The number of hydrogen-bond acceptors (Lipinski definition) is 6. The van der Waals surface area contributed by atoms with Crippen molar-refractivity contribution >= 4 is 45.3 Å². The van der Waals surface area contributed by atoms with Crippen LogP contribution in [-0.2, 0) is 9.53 Å². The molecular weight excluding hydrogens is 456 g/mol. The van der Waals surface area contributed by atoms with Crippen molar-refractivity contribution in [1.29, 1.82) is 0 Å². The van der Waals surface area contributed by atoms with Gasteiger partial charge < -0.3 is 14.8 Å². The SMILES string of the molecule is COC(=O)COc1ccc(NC(=O)c2ccccc2Sc2ccc(Br)cn2)cc1. The summed E-state index contributed by atoms with van der Waals surface area (Å²) in [6.45, 7) is -0.170. The van der Waals surface area contributed by atoms with Crippen LogP contribution in [0.15, 0.2) is 81.3 Å². The Labute approximate surface area is 180 Å². The summed E-state index contributed by atoms with van der Waals surface area (Å²) in [4.78, 5) is 29.0. The molecule has 1 heterocycles. The van der Waals surface area contributed by atoms with Gasteiger partial charge in [-0.3, -0.25) is 4.79 Å². The highest BCUT2D eigenvalue weighted by molar-refractivity contribution is 9.10. The summed E-state index contributed by atoms with van der Waals surface area (Å²) in [6, 6.07) is 17.9. The number of pyridine rings is 1. The monoisotopic (exact) mass is 472 g/mol. The van der Waals surface area contributed by atoms with E-state index >= 15 is 0 Å². The number of rotatable bonds is 7. The molecule has 0 fully saturated rings. The maximum atomic E-state index is 12.8. The second-order valence-electron chi connectivity index (χ2n) is 5.76. The van der Waals surface area contributed by atoms with Gasteiger partial charge in [-0.1, -0.05) is 23.9 Å². The molecule has 8 heteroatoms. The van der Waals surface area contributed by atoms with Crippen LogP contribution in [0.3, 0.4) is 0 Å². The molecule has 0 aliphatic rings. The van der Waals surface area contributed by atoms with Crippen LogP contribution in [0.4, 0.5) is 5.69 Å². The number of hydrogen-bond donors (Lipinski definition) is 1. The van der Waals surface area contributed by atoms with Crippen LogP contribution in [0.5, 0.6) is 5.75 Å². The molecule has 1 amide bonds. The van der Waals surface area contributed by atoms with E-state index in [1.807, 2.05) is 30.3 Å². The predicted molar refractivity (Wildman–Crippen MR) is 114 cm³/mol. The Hall–Kier alpha value is -2.84. The number of nitrogens with one attached hydrogen (secondary N) is 1. The molecule has 3 aromatic rings. The number of ether oxygens (including phenoxy) is 2. The van der Waals surface area contributed by atoms with Crippen LogP contribution in [0.25, 0.3) is 0 Å². The zero-order valence-electron chi connectivity index (χ0n) is 15.4. The number of anilines is 1. The molecule has 0 atom stereocenters. The molecule has 148 valence electrons. The van der Waals surface area contributed by atoms with E-state index < -0.39 is 5.97 Å². The number of carbonyl (C=O) groups is 2. The van der Waals surface area contributed by atoms with E-state index in [-0.39, 0.29) is 12.5 Å². The molecule has 0 unspecified atom stereocenters. The van der Waals surface area contributed by atoms with E-state index in [1.165, 1.54) is 18.9 Å². The zero-order chi connectivity index (χ0) is 20.6.